The molecule has 0 spiro atoms. The van der Waals surface area contributed by atoms with Gasteiger partial charge in [0.05, 0.1) is 10.5 Å². The zero-order chi connectivity index (χ0) is 17.3. The topological polar surface area (TPSA) is 81.8 Å². The Kier molecular flexibility index (Phi) is 4.43. The molecule has 0 unspecified atom stereocenters. The van der Waals surface area contributed by atoms with Crippen LogP contribution in [0.5, 0.6) is 0 Å². The summed E-state index contributed by atoms with van der Waals surface area (Å²) in [6.07, 6.45) is 1.48. The predicted octanol–water partition coefficient (Wildman–Crippen LogP) is 3.85. The van der Waals surface area contributed by atoms with Crippen LogP contribution < -0.4 is 0 Å². The van der Waals surface area contributed by atoms with E-state index in [0.717, 1.165) is 9.13 Å². The average Bonchev–Trinajstić information content (AvgIpc) is 2.90. The molecular formula is C17H11IN2O4. The van der Waals surface area contributed by atoms with Gasteiger partial charge in [-0.25, -0.2) is 9.79 Å². The molecular weight excluding hydrogens is 423 g/mol. The van der Waals surface area contributed by atoms with Gasteiger partial charge in [-0.3, -0.25) is 10.1 Å². The second-order valence-electron chi connectivity index (χ2n) is 5.12. The first-order valence-corrected chi connectivity index (χ1v) is 8.06. The highest BCUT2D eigenvalue weighted by Crippen LogP contribution is 2.24. The van der Waals surface area contributed by atoms with Crippen LogP contribution in [-0.4, -0.2) is 16.8 Å². The fourth-order valence-corrected chi connectivity index (χ4v) is 2.85. The lowest BCUT2D eigenvalue weighted by Gasteiger charge is -2.01. The summed E-state index contributed by atoms with van der Waals surface area (Å²) in [6.45, 7) is 1.66. The van der Waals surface area contributed by atoms with Gasteiger partial charge < -0.3 is 4.74 Å². The third-order valence-corrected chi connectivity index (χ3v) is 4.40. The highest BCUT2D eigenvalue weighted by Gasteiger charge is 2.25. The van der Waals surface area contributed by atoms with Crippen molar-refractivity contribution in [3.8, 4) is 0 Å². The molecule has 2 aromatic rings. The van der Waals surface area contributed by atoms with Crippen molar-refractivity contribution in [2.24, 2.45) is 4.99 Å². The lowest BCUT2D eigenvalue weighted by molar-refractivity contribution is -0.385. The van der Waals surface area contributed by atoms with E-state index in [2.05, 4.69) is 27.6 Å². The molecule has 6 nitrogen and oxygen atoms in total. The summed E-state index contributed by atoms with van der Waals surface area (Å²) < 4.78 is 6.13. The summed E-state index contributed by atoms with van der Waals surface area (Å²) in [6, 6.07) is 12.2. The third kappa shape index (κ3) is 3.21. The van der Waals surface area contributed by atoms with E-state index >= 15 is 0 Å². The summed E-state index contributed by atoms with van der Waals surface area (Å²) in [5.74, 6) is -0.342. The number of esters is 1. The highest BCUT2D eigenvalue weighted by molar-refractivity contribution is 14.1. The van der Waals surface area contributed by atoms with Gasteiger partial charge in [0, 0.05) is 15.2 Å². The maximum Gasteiger partial charge on any atom is 0.363 e. The number of cyclic esters (lactones) is 1. The maximum atomic E-state index is 12.0. The minimum atomic E-state index is -0.576. The van der Waals surface area contributed by atoms with Crippen molar-refractivity contribution in [2.75, 3.05) is 0 Å². The number of benzene rings is 2. The third-order valence-electron chi connectivity index (χ3n) is 3.46. The molecule has 0 bridgehead atoms. The van der Waals surface area contributed by atoms with Gasteiger partial charge in [0.1, 0.15) is 0 Å². The molecule has 0 aliphatic carbocycles. The van der Waals surface area contributed by atoms with Crippen molar-refractivity contribution < 1.29 is 14.5 Å². The number of ether oxygens (including phenoxy) is 1. The average molecular weight is 434 g/mol. The first-order chi connectivity index (χ1) is 11.5. The Morgan fingerprint density at radius 1 is 1.25 bits per heavy atom. The van der Waals surface area contributed by atoms with Crippen LogP contribution in [0.2, 0.25) is 0 Å². The number of carbonyl (C=O) groups excluding carboxylic acids is 1. The van der Waals surface area contributed by atoms with Gasteiger partial charge in [-0.15, -0.1) is 0 Å². The van der Waals surface area contributed by atoms with E-state index in [9.17, 15) is 14.9 Å². The maximum absolute atomic E-state index is 12.0. The Labute approximate surface area is 151 Å². The normalized spacial score (nSPS) is 15.3. The molecule has 0 radical (unpaired) electrons. The van der Waals surface area contributed by atoms with Gasteiger partial charge in [-0.05, 0) is 53.3 Å². The van der Waals surface area contributed by atoms with Gasteiger partial charge in [-0.1, -0.05) is 24.3 Å². The molecule has 1 aliphatic rings. The fraction of sp³-hybridized carbons (Fsp3) is 0.0588. The second kappa shape index (κ2) is 6.52. The van der Waals surface area contributed by atoms with E-state index in [0.29, 0.717) is 11.1 Å². The van der Waals surface area contributed by atoms with Gasteiger partial charge >= 0.3 is 5.97 Å². The fourth-order valence-electron chi connectivity index (χ4n) is 2.23. The van der Waals surface area contributed by atoms with Crippen LogP contribution in [0.1, 0.15) is 16.7 Å². The largest absolute Gasteiger partial charge is 0.402 e. The number of nitrogens with zero attached hydrogens (tertiary/aromatic N) is 2. The molecule has 2 aromatic carbocycles. The van der Waals surface area contributed by atoms with Crippen molar-refractivity contribution in [3.63, 3.8) is 0 Å². The van der Waals surface area contributed by atoms with Gasteiger partial charge in [-0.2, -0.15) is 0 Å². The van der Waals surface area contributed by atoms with Crippen LogP contribution in [0.3, 0.4) is 0 Å². The van der Waals surface area contributed by atoms with Crippen LogP contribution >= 0.6 is 22.6 Å². The van der Waals surface area contributed by atoms with Gasteiger partial charge in [0.2, 0.25) is 5.90 Å². The van der Waals surface area contributed by atoms with Crippen LogP contribution in [0, 0.1) is 20.6 Å². The molecule has 0 saturated heterocycles. The van der Waals surface area contributed by atoms with Gasteiger partial charge in [0.25, 0.3) is 5.69 Å². The number of rotatable bonds is 3. The molecule has 0 amide bonds. The lowest BCUT2D eigenvalue weighted by atomic mass is 10.1. The van der Waals surface area contributed by atoms with Crippen molar-refractivity contribution in [1.82, 2.24) is 0 Å². The van der Waals surface area contributed by atoms with E-state index in [1.165, 1.54) is 12.1 Å². The summed E-state index contributed by atoms with van der Waals surface area (Å²) in [7, 11) is 0. The van der Waals surface area contributed by atoms with Gasteiger partial charge in [0.15, 0.2) is 5.70 Å². The Hall–Kier alpha value is -2.55. The zero-order valence-corrected chi connectivity index (χ0v) is 14.7. The second-order valence-corrected chi connectivity index (χ2v) is 6.28. The van der Waals surface area contributed by atoms with E-state index in [-0.39, 0.29) is 17.3 Å². The molecule has 120 valence electrons. The lowest BCUT2D eigenvalue weighted by Crippen LogP contribution is -2.06. The van der Waals surface area contributed by atoms with Crippen LogP contribution in [0.4, 0.5) is 5.69 Å². The molecule has 24 heavy (non-hydrogen) atoms. The Morgan fingerprint density at radius 3 is 2.71 bits per heavy atom. The van der Waals surface area contributed by atoms with Crippen molar-refractivity contribution in [3.05, 3.63) is 78.5 Å². The van der Waals surface area contributed by atoms with Crippen LogP contribution in [0.25, 0.3) is 6.08 Å². The number of carbonyl (C=O) groups is 1. The van der Waals surface area contributed by atoms with E-state index in [4.69, 9.17) is 4.74 Å². The smallest absolute Gasteiger partial charge is 0.363 e. The van der Waals surface area contributed by atoms with Crippen LogP contribution in [-0.2, 0) is 9.53 Å². The Bertz CT molecular complexity index is 919. The zero-order valence-electron chi connectivity index (χ0n) is 12.5. The summed E-state index contributed by atoms with van der Waals surface area (Å²) in [5, 5.41) is 11.0. The quantitative estimate of drug-likeness (QED) is 0.242. The van der Waals surface area contributed by atoms with Crippen molar-refractivity contribution in [1.29, 1.82) is 0 Å². The highest BCUT2D eigenvalue weighted by atomic mass is 127. The molecule has 3 rings (SSSR count). The van der Waals surface area contributed by atoms with E-state index in [1.807, 2.05) is 24.3 Å². The number of aliphatic imine (C=N–C) groups is 1. The standard InChI is InChI=1S/C17H11IN2O4/c1-10-6-7-11(9-15(10)20(22)23)8-14-17(21)24-16(19-14)12-4-2-3-5-13(12)18/h2-9H,1H3/b14-8-. The molecule has 0 N–H and O–H groups in total. The number of hydrogen-bond acceptors (Lipinski definition) is 5. The molecule has 0 fully saturated rings. The monoisotopic (exact) mass is 434 g/mol. The minimum Gasteiger partial charge on any atom is -0.402 e. The van der Waals surface area contributed by atoms with Crippen LogP contribution in [0.15, 0.2) is 53.2 Å². The number of halogens is 1. The Morgan fingerprint density at radius 2 is 2.00 bits per heavy atom. The molecule has 0 atom stereocenters. The number of nitro benzene ring substituents is 1. The van der Waals surface area contributed by atoms with E-state index < -0.39 is 10.9 Å². The number of aryl methyl sites for hydroxylation is 1. The SMILES string of the molecule is Cc1ccc(/C=C2\N=C(c3ccccc3I)OC2=O)cc1[N+](=O)[O-]. The molecule has 1 heterocycles. The first kappa shape index (κ1) is 16.3. The first-order valence-electron chi connectivity index (χ1n) is 6.98. The molecule has 0 saturated carbocycles. The molecule has 0 aromatic heterocycles. The summed E-state index contributed by atoms with van der Waals surface area (Å²) >= 11 is 2.14. The summed E-state index contributed by atoms with van der Waals surface area (Å²) in [5.41, 5.74) is 1.91. The predicted molar refractivity (Wildman–Crippen MR) is 97.6 cm³/mol. The van der Waals surface area contributed by atoms with Crippen molar-refractivity contribution in [2.45, 2.75) is 6.92 Å². The number of nitro groups is 1. The van der Waals surface area contributed by atoms with Crippen molar-refractivity contribution >= 4 is 46.2 Å². The van der Waals surface area contributed by atoms with E-state index in [1.54, 1.807) is 19.1 Å². The summed E-state index contributed by atoms with van der Waals surface area (Å²) in [4.78, 5) is 26.8. The molecule has 1 aliphatic heterocycles. The number of hydrogen-bond donors (Lipinski definition) is 0. The Balaban J connectivity index is 1.99. The minimum absolute atomic E-state index is 0.00229. The molecule has 7 heteroatoms.